The number of benzene rings is 1. The highest BCUT2D eigenvalue weighted by atomic mass is 35.5. The monoisotopic (exact) mass is 253 g/mol. The Morgan fingerprint density at radius 2 is 1.82 bits per heavy atom. The summed E-state index contributed by atoms with van der Waals surface area (Å²) in [6, 6.07) is 6.65. The van der Waals surface area contributed by atoms with Crippen LogP contribution in [0, 0.1) is 0 Å². The van der Waals surface area contributed by atoms with Gasteiger partial charge in [-0.1, -0.05) is 6.07 Å². The first-order valence-corrected chi connectivity index (χ1v) is 6.41. The molecule has 0 bridgehead atoms. The van der Waals surface area contributed by atoms with E-state index in [9.17, 15) is 0 Å². The van der Waals surface area contributed by atoms with E-state index in [1.54, 1.807) is 0 Å². The largest absolute Gasteiger partial charge is 0.490 e. The maximum Gasteiger partial charge on any atom is 0.120 e. The second-order valence-electron chi connectivity index (χ2n) is 4.85. The van der Waals surface area contributed by atoms with E-state index in [0.717, 1.165) is 31.7 Å². The van der Waals surface area contributed by atoms with Crippen LogP contribution in [0.2, 0.25) is 0 Å². The molecule has 0 saturated carbocycles. The molecular formula is C14H20ClNO. The van der Waals surface area contributed by atoms with Gasteiger partial charge in [0.1, 0.15) is 11.9 Å². The lowest BCUT2D eigenvalue weighted by Crippen LogP contribution is -2.34. The van der Waals surface area contributed by atoms with Crippen LogP contribution in [0.15, 0.2) is 18.2 Å². The predicted octanol–water partition coefficient (Wildman–Crippen LogP) is 2.73. The van der Waals surface area contributed by atoms with Crippen LogP contribution in [0.25, 0.3) is 0 Å². The van der Waals surface area contributed by atoms with Crippen molar-refractivity contribution in [2.75, 3.05) is 13.1 Å². The molecule has 0 spiro atoms. The van der Waals surface area contributed by atoms with Gasteiger partial charge in [-0.05, 0) is 68.5 Å². The Labute approximate surface area is 109 Å². The second-order valence-corrected chi connectivity index (χ2v) is 4.85. The van der Waals surface area contributed by atoms with Crippen LogP contribution >= 0.6 is 12.4 Å². The van der Waals surface area contributed by atoms with Crippen molar-refractivity contribution in [1.82, 2.24) is 5.32 Å². The molecule has 2 nitrogen and oxygen atoms in total. The minimum atomic E-state index is 0. The fourth-order valence-corrected chi connectivity index (χ4v) is 2.73. The molecule has 1 N–H and O–H groups in total. The quantitative estimate of drug-likeness (QED) is 0.875. The fraction of sp³-hybridized carbons (Fsp3) is 0.571. The average molecular weight is 254 g/mol. The number of piperidine rings is 1. The SMILES string of the molecule is Cl.c1cc2c(cc1OC1CCNCC1)CCC2. The first kappa shape index (κ1) is 12.7. The summed E-state index contributed by atoms with van der Waals surface area (Å²) in [6.07, 6.45) is 6.49. The van der Waals surface area contributed by atoms with Gasteiger partial charge in [-0.2, -0.15) is 0 Å². The zero-order valence-electron chi connectivity index (χ0n) is 10.1. The smallest absolute Gasteiger partial charge is 0.120 e. The lowest BCUT2D eigenvalue weighted by atomic mass is 10.1. The Bertz CT molecular complexity index is 374. The summed E-state index contributed by atoms with van der Waals surface area (Å²) in [5.74, 6) is 1.08. The fourth-order valence-electron chi connectivity index (χ4n) is 2.73. The Morgan fingerprint density at radius 3 is 2.65 bits per heavy atom. The first-order chi connectivity index (χ1) is 7.92. The molecule has 1 fully saturated rings. The minimum Gasteiger partial charge on any atom is -0.490 e. The minimum absolute atomic E-state index is 0. The van der Waals surface area contributed by atoms with Crippen LogP contribution < -0.4 is 10.1 Å². The van der Waals surface area contributed by atoms with Crippen molar-refractivity contribution in [1.29, 1.82) is 0 Å². The van der Waals surface area contributed by atoms with Gasteiger partial charge in [0.2, 0.25) is 0 Å². The average Bonchev–Trinajstić information content (AvgIpc) is 2.77. The van der Waals surface area contributed by atoms with E-state index >= 15 is 0 Å². The van der Waals surface area contributed by atoms with Crippen LogP contribution in [-0.4, -0.2) is 19.2 Å². The predicted molar refractivity (Wildman–Crippen MR) is 72.2 cm³/mol. The van der Waals surface area contributed by atoms with Crippen molar-refractivity contribution < 1.29 is 4.74 Å². The molecule has 3 rings (SSSR count). The van der Waals surface area contributed by atoms with Gasteiger partial charge in [0.05, 0.1) is 0 Å². The summed E-state index contributed by atoms with van der Waals surface area (Å²) in [5.41, 5.74) is 3.03. The van der Waals surface area contributed by atoms with Crippen LogP contribution in [0.1, 0.15) is 30.4 Å². The van der Waals surface area contributed by atoms with E-state index in [0.29, 0.717) is 6.10 Å². The molecule has 0 amide bonds. The first-order valence-electron chi connectivity index (χ1n) is 6.41. The number of nitrogens with one attached hydrogen (secondary N) is 1. The normalized spacial score (nSPS) is 19.5. The van der Waals surface area contributed by atoms with Crippen molar-refractivity contribution in [3.05, 3.63) is 29.3 Å². The standard InChI is InChI=1S/C14H19NO.ClH/c1-2-11-4-5-14(10-12(11)3-1)16-13-6-8-15-9-7-13;/h4-5,10,13,15H,1-3,6-9H2;1H. The van der Waals surface area contributed by atoms with E-state index in [2.05, 4.69) is 23.5 Å². The molecule has 1 saturated heterocycles. The molecule has 17 heavy (non-hydrogen) atoms. The number of ether oxygens (including phenoxy) is 1. The van der Waals surface area contributed by atoms with Gasteiger partial charge in [0.25, 0.3) is 0 Å². The highest BCUT2D eigenvalue weighted by Crippen LogP contribution is 2.27. The molecule has 0 unspecified atom stereocenters. The zero-order valence-corrected chi connectivity index (χ0v) is 10.9. The van der Waals surface area contributed by atoms with Crippen molar-refractivity contribution in [2.24, 2.45) is 0 Å². The van der Waals surface area contributed by atoms with E-state index in [1.807, 2.05) is 0 Å². The van der Waals surface area contributed by atoms with Crippen LogP contribution in [0.4, 0.5) is 0 Å². The number of hydrogen-bond acceptors (Lipinski definition) is 2. The van der Waals surface area contributed by atoms with Gasteiger partial charge in [0, 0.05) is 0 Å². The summed E-state index contributed by atoms with van der Waals surface area (Å²) >= 11 is 0. The molecule has 1 heterocycles. The van der Waals surface area contributed by atoms with Gasteiger partial charge in [0.15, 0.2) is 0 Å². The lowest BCUT2D eigenvalue weighted by molar-refractivity contribution is 0.162. The maximum absolute atomic E-state index is 6.04. The lowest BCUT2D eigenvalue weighted by Gasteiger charge is -2.24. The summed E-state index contributed by atoms with van der Waals surface area (Å²) in [4.78, 5) is 0. The zero-order chi connectivity index (χ0) is 10.8. The molecule has 3 heteroatoms. The molecule has 2 aliphatic rings. The summed E-state index contributed by atoms with van der Waals surface area (Å²) in [6.45, 7) is 2.19. The molecule has 94 valence electrons. The summed E-state index contributed by atoms with van der Waals surface area (Å²) in [7, 11) is 0. The van der Waals surface area contributed by atoms with Crippen LogP contribution in [0.3, 0.4) is 0 Å². The number of rotatable bonds is 2. The Kier molecular flexibility index (Phi) is 4.30. The van der Waals surface area contributed by atoms with Crippen molar-refractivity contribution in [3.63, 3.8) is 0 Å². The Balaban J connectivity index is 0.00000108. The second kappa shape index (κ2) is 5.74. The van der Waals surface area contributed by atoms with Crippen molar-refractivity contribution in [2.45, 2.75) is 38.2 Å². The van der Waals surface area contributed by atoms with Gasteiger partial charge in [-0.15, -0.1) is 12.4 Å². The number of hydrogen-bond donors (Lipinski definition) is 1. The van der Waals surface area contributed by atoms with Gasteiger partial charge in [-0.25, -0.2) is 0 Å². The van der Waals surface area contributed by atoms with Crippen molar-refractivity contribution in [3.8, 4) is 5.75 Å². The number of fused-ring (bicyclic) bond motifs is 1. The highest BCUT2D eigenvalue weighted by molar-refractivity contribution is 5.85. The van der Waals surface area contributed by atoms with E-state index in [4.69, 9.17) is 4.74 Å². The Hall–Kier alpha value is -0.730. The van der Waals surface area contributed by atoms with Crippen molar-refractivity contribution >= 4 is 12.4 Å². The number of aryl methyl sites for hydroxylation is 2. The Morgan fingerprint density at radius 1 is 1.06 bits per heavy atom. The third kappa shape index (κ3) is 2.93. The summed E-state index contributed by atoms with van der Waals surface area (Å²) < 4.78 is 6.04. The van der Waals surface area contributed by atoms with Crippen LogP contribution in [-0.2, 0) is 12.8 Å². The van der Waals surface area contributed by atoms with Gasteiger partial charge in [-0.3, -0.25) is 0 Å². The molecule has 1 aliphatic carbocycles. The molecule has 1 aromatic carbocycles. The highest BCUT2D eigenvalue weighted by Gasteiger charge is 2.16. The molecule has 1 aliphatic heterocycles. The molecule has 0 radical (unpaired) electrons. The van der Waals surface area contributed by atoms with E-state index in [1.165, 1.54) is 30.4 Å². The number of halogens is 1. The van der Waals surface area contributed by atoms with Gasteiger partial charge >= 0.3 is 0 Å². The molecular weight excluding hydrogens is 234 g/mol. The summed E-state index contributed by atoms with van der Waals surface area (Å²) in [5, 5.41) is 3.36. The third-order valence-electron chi connectivity index (χ3n) is 3.66. The van der Waals surface area contributed by atoms with E-state index in [-0.39, 0.29) is 12.4 Å². The van der Waals surface area contributed by atoms with Crippen LogP contribution in [0.5, 0.6) is 5.75 Å². The maximum atomic E-state index is 6.04. The molecule has 1 aromatic rings. The molecule has 0 aromatic heterocycles. The third-order valence-corrected chi connectivity index (χ3v) is 3.66. The topological polar surface area (TPSA) is 21.3 Å². The van der Waals surface area contributed by atoms with Gasteiger partial charge < -0.3 is 10.1 Å². The van der Waals surface area contributed by atoms with E-state index < -0.39 is 0 Å². The molecule has 0 atom stereocenters.